The molecule has 5 heteroatoms. The van der Waals surface area contributed by atoms with Gasteiger partial charge < -0.3 is 5.43 Å². The Morgan fingerprint density at radius 1 is 1.69 bits per heavy atom. The molecule has 0 spiro atoms. The molecule has 1 aromatic heterocycles. The molecule has 1 aromatic rings. The minimum Gasteiger partial charge on any atom is -0.308 e. The SMILES string of the molecule is CC1CSCCN1Cc1cccnc1NN. The van der Waals surface area contributed by atoms with Crippen LogP contribution in [0.3, 0.4) is 0 Å². The zero-order valence-corrected chi connectivity index (χ0v) is 10.3. The number of nitrogens with zero attached hydrogens (tertiary/aromatic N) is 2. The van der Waals surface area contributed by atoms with Crippen LogP contribution in [-0.2, 0) is 6.54 Å². The Bertz CT molecular complexity index is 345. The molecule has 1 saturated heterocycles. The van der Waals surface area contributed by atoms with Crippen LogP contribution in [0.25, 0.3) is 0 Å². The highest BCUT2D eigenvalue weighted by Crippen LogP contribution is 2.20. The van der Waals surface area contributed by atoms with E-state index in [1.165, 1.54) is 17.1 Å². The van der Waals surface area contributed by atoms with Crippen LogP contribution < -0.4 is 11.3 Å². The van der Waals surface area contributed by atoms with Crippen LogP contribution in [0.15, 0.2) is 18.3 Å². The minimum atomic E-state index is 0.629. The molecular formula is C11H18N4S. The monoisotopic (exact) mass is 238 g/mol. The first-order valence-electron chi connectivity index (χ1n) is 5.53. The number of hydrogen-bond donors (Lipinski definition) is 2. The Morgan fingerprint density at radius 3 is 3.31 bits per heavy atom. The molecule has 0 amide bonds. The van der Waals surface area contributed by atoms with Crippen LogP contribution in [0.1, 0.15) is 12.5 Å². The molecule has 0 saturated carbocycles. The maximum absolute atomic E-state index is 5.46. The summed E-state index contributed by atoms with van der Waals surface area (Å²) >= 11 is 2.03. The number of thioether (sulfide) groups is 1. The van der Waals surface area contributed by atoms with Gasteiger partial charge in [0.25, 0.3) is 0 Å². The summed E-state index contributed by atoms with van der Waals surface area (Å²) < 4.78 is 0. The van der Waals surface area contributed by atoms with Gasteiger partial charge in [0.15, 0.2) is 0 Å². The molecule has 88 valence electrons. The third kappa shape index (κ3) is 2.66. The first kappa shape index (κ1) is 11.7. The number of nitrogen functional groups attached to an aromatic ring is 1. The van der Waals surface area contributed by atoms with E-state index in [4.69, 9.17) is 5.84 Å². The second-order valence-corrected chi connectivity index (χ2v) is 5.20. The number of rotatable bonds is 3. The van der Waals surface area contributed by atoms with Gasteiger partial charge in [0.1, 0.15) is 5.82 Å². The van der Waals surface area contributed by atoms with Crippen LogP contribution >= 0.6 is 11.8 Å². The number of nitrogens with one attached hydrogen (secondary N) is 1. The Balaban J connectivity index is 2.07. The van der Waals surface area contributed by atoms with Gasteiger partial charge >= 0.3 is 0 Å². The van der Waals surface area contributed by atoms with E-state index >= 15 is 0 Å². The summed E-state index contributed by atoms with van der Waals surface area (Å²) in [6.07, 6.45) is 1.76. The van der Waals surface area contributed by atoms with Crippen molar-refractivity contribution in [2.75, 3.05) is 23.5 Å². The standard InChI is InChI=1S/C11H18N4S/c1-9-8-16-6-5-15(9)7-10-3-2-4-13-11(10)14-12/h2-4,9H,5-8,12H2,1H3,(H,13,14). The summed E-state index contributed by atoms with van der Waals surface area (Å²) in [5.74, 6) is 8.67. The first-order valence-corrected chi connectivity index (χ1v) is 6.69. The van der Waals surface area contributed by atoms with Crippen LogP contribution in [0.5, 0.6) is 0 Å². The summed E-state index contributed by atoms with van der Waals surface area (Å²) in [4.78, 5) is 6.70. The zero-order valence-electron chi connectivity index (χ0n) is 9.52. The lowest BCUT2D eigenvalue weighted by Gasteiger charge is -2.33. The lowest BCUT2D eigenvalue weighted by atomic mass is 10.2. The average molecular weight is 238 g/mol. The Kier molecular flexibility index (Phi) is 4.04. The van der Waals surface area contributed by atoms with Crippen molar-refractivity contribution < 1.29 is 0 Å². The van der Waals surface area contributed by atoms with Gasteiger partial charge in [0, 0.05) is 42.4 Å². The normalized spacial score (nSPS) is 22.0. The Morgan fingerprint density at radius 2 is 2.56 bits per heavy atom. The third-order valence-corrected chi connectivity index (χ3v) is 4.10. The highest BCUT2D eigenvalue weighted by molar-refractivity contribution is 7.99. The topological polar surface area (TPSA) is 54.2 Å². The van der Waals surface area contributed by atoms with Gasteiger partial charge in [0.2, 0.25) is 0 Å². The molecule has 2 rings (SSSR count). The van der Waals surface area contributed by atoms with Crippen molar-refractivity contribution in [1.29, 1.82) is 0 Å². The molecule has 1 unspecified atom stereocenters. The average Bonchev–Trinajstić information content (AvgIpc) is 2.33. The molecule has 0 aromatic carbocycles. The van der Waals surface area contributed by atoms with Crippen molar-refractivity contribution in [2.45, 2.75) is 19.5 Å². The number of hydrazine groups is 1. The van der Waals surface area contributed by atoms with Gasteiger partial charge in [-0.15, -0.1) is 0 Å². The predicted octanol–water partition coefficient (Wildman–Crippen LogP) is 1.30. The third-order valence-electron chi connectivity index (χ3n) is 2.91. The fourth-order valence-corrected chi connectivity index (χ4v) is 2.99. The Labute approximate surface area is 101 Å². The zero-order chi connectivity index (χ0) is 11.4. The van der Waals surface area contributed by atoms with Crippen molar-refractivity contribution in [1.82, 2.24) is 9.88 Å². The first-order chi connectivity index (χ1) is 7.81. The van der Waals surface area contributed by atoms with Crippen molar-refractivity contribution in [3.63, 3.8) is 0 Å². The van der Waals surface area contributed by atoms with Crippen LogP contribution in [0.2, 0.25) is 0 Å². The lowest BCUT2D eigenvalue weighted by Crippen LogP contribution is -2.39. The molecule has 16 heavy (non-hydrogen) atoms. The van der Waals surface area contributed by atoms with E-state index in [2.05, 4.69) is 28.3 Å². The summed E-state index contributed by atoms with van der Waals surface area (Å²) in [7, 11) is 0. The molecule has 1 fully saturated rings. The van der Waals surface area contributed by atoms with Crippen molar-refractivity contribution in [2.24, 2.45) is 5.84 Å². The van der Waals surface area contributed by atoms with Gasteiger partial charge in [-0.1, -0.05) is 6.07 Å². The molecule has 0 radical (unpaired) electrons. The van der Waals surface area contributed by atoms with E-state index < -0.39 is 0 Å². The van der Waals surface area contributed by atoms with Crippen molar-refractivity contribution in [3.05, 3.63) is 23.9 Å². The van der Waals surface area contributed by atoms with Crippen molar-refractivity contribution >= 4 is 17.6 Å². The smallest absolute Gasteiger partial charge is 0.144 e. The molecule has 1 aliphatic heterocycles. The second kappa shape index (κ2) is 5.52. The van der Waals surface area contributed by atoms with Crippen LogP contribution in [0.4, 0.5) is 5.82 Å². The number of pyridine rings is 1. The Hall–Kier alpha value is -0.780. The van der Waals surface area contributed by atoms with Crippen molar-refractivity contribution in [3.8, 4) is 0 Å². The fraction of sp³-hybridized carbons (Fsp3) is 0.545. The number of nitrogens with two attached hydrogens (primary N) is 1. The van der Waals surface area contributed by atoms with Gasteiger partial charge in [-0.05, 0) is 13.0 Å². The summed E-state index contributed by atoms with van der Waals surface area (Å²) in [5, 5.41) is 0. The van der Waals surface area contributed by atoms with E-state index in [0.29, 0.717) is 6.04 Å². The van der Waals surface area contributed by atoms with E-state index in [0.717, 1.165) is 18.9 Å². The summed E-state index contributed by atoms with van der Waals surface area (Å²) in [5.41, 5.74) is 3.83. The second-order valence-electron chi connectivity index (χ2n) is 4.05. The molecule has 1 aliphatic rings. The van der Waals surface area contributed by atoms with E-state index in [1.54, 1.807) is 6.20 Å². The summed E-state index contributed by atoms with van der Waals surface area (Å²) in [6.45, 7) is 4.35. The lowest BCUT2D eigenvalue weighted by molar-refractivity contribution is 0.224. The van der Waals surface area contributed by atoms with Gasteiger partial charge in [-0.25, -0.2) is 10.8 Å². The molecule has 4 nitrogen and oxygen atoms in total. The number of anilines is 1. The van der Waals surface area contributed by atoms with Gasteiger partial charge in [-0.2, -0.15) is 11.8 Å². The van der Waals surface area contributed by atoms with E-state index in [9.17, 15) is 0 Å². The maximum Gasteiger partial charge on any atom is 0.144 e. The van der Waals surface area contributed by atoms with Gasteiger partial charge in [0.05, 0.1) is 0 Å². The molecule has 3 N–H and O–H groups in total. The molecule has 2 heterocycles. The largest absolute Gasteiger partial charge is 0.308 e. The van der Waals surface area contributed by atoms with Crippen LogP contribution in [-0.4, -0.2) is 34.0 Å². The van der Waals surface area contributed by atoms with E-state index in [-0.39, 0.29) is 0 Å². The van der Waals surface area contributed by atoms with Gasteiger partial charge in [-0.3, -0.25) is 4.90 Å². The molecule has 0 bridgehead atoms. The molecule has 0 aliphatic carbocycles. The molecular weight excluding hydrogens is 220 g/mol. The maximum atomic E-state index is 5.46. The highest BCUT2D eigenvalue weighted by Gasteiger charge is 2.19. The number of hydrogen-bond acceptors (Lipinski definition) is 5. The van der Waals surface area contributed by atoms with Crippen LogP contribution in [0, 0.1) is 0 Å². The quantitative estimate of drug-likeness (QED) is 0.614. The molecule has 1 atom stereocenters. The summed E-state index contributed by atoms with van der Waals surface area (Å²) in [6, 6.07) is 4.67. The highest BCUT2D eigenvalue weighted by atomic mass is 32.2. The van der Waals surface area contributed by atoms with E-state index in [1.807, 2.05) is 17.8 Å². The fourth-order valence-electron chi connectivity index (χ4n) is 1.91. The number of aromatic nitrogens is 1. The predicted molar refractivity (Wildman–Crippen MR) is 69.2 cm³/mol. The minimum absolute atomic E-state index is 0.629.